The number of amides is 2. The first kappa shape index (κ1) is 29.3. The molecule has 0 unspecified atom stereocenters. The van der Waals surface area contributed by atoms with Crippen LogP contribution in [-0.2, 0) is 11.2 Å². The first-order valence-corrected chi connectivity index (χ1v) is 13.8. The molecule has 1 aliphatic rings. The lowest BCUT2D eigenvalue weighted by Gasteiger charge is -2.34. The Morgan fingerprint density at radius 2 is 1.75 bits per heavy atom. The van der Waals surface area contributed by atoms with E-state index >= 15 is 0 Å². The highest BCUT2D eigenvalue weighted by Crippen LogP contribution is 2.33. The highest BCUT2D eigenvalue weighted by Gasteiger charge is 2.32. The van der Waals surface area contributed by atoms with Crippen LogP contribution in [0.25, 0.3) is 5.69 Å². The molecule has 4 rings (SSSR count). The summed E-state index contributed by atoms with van der Waals surface area (Å²) in [5, 5.41) is 8.27. The Labute approximate surface area is 240 Å². The average Bonchev–Trinajstić information content (AvgIpc) is 3.38. The second-order valence-corrected chi connectivity index (χ2v) is 11.2. The van der Waals surface area contributed by atoms with E-state index in [2.05, 4.69) is 10.4 Å². The topological polar surface area (TPSA) is 94.9 Å². The van der Waals surface area contributed by atoms with Gasteiger partial charge in [-0.25, -0.2) is 9.48 Å². The Morgan fingerprint density at radius 1 is 1.05 bits per heavy atom. The number of hydrogen-bond donors (Lipinski definition) is 1. The fraction of sp³-hybridized carbons (Fsp3) is 0.433. The van der Waals surface area contributed by atoms with Gasteiger partial charge in [0.05, 0.1) is 37.4 Å². The van der Waals surface area contributed by atoms with Gasteiger partial charge in [0, 0.05) is 30.6 Å². The van der Waals surface area contributed by atoms with Gasteiger partial charge in [0.1, 0.15) is 17.1 Å². The molecule has 0 saturated carbocycles. The van der Waals surface area contributed by atoms with E-state index in [1.807, 2.05) is 55.8 Å². The number of halogens is 1. The van der Waals surface area contributed by atoms with Crippen LogP contribution >= 0.6 is 11.6 Å². The number of rotatable bonds is 8. The minimum atomic E-state index is -0.554. The van der Waals surface area contributed by atoms with Gasteiger partial charge in [-0.05, 0) is 88.1 Å². The smallest absolute Gasteiger partial charge is 0.410 e. The molecule has 1 saturated heterocycles. The molecule has 0 radical (unpaired) electrons. The summed E-state index contributed by atoms with van der Waals surface area (Å²) in [5.74, 6) is 1.29. The molecule has 40 heavy (non-hydrogen) atoms. The summed E-state index contributed by atoms with van der Waals surface area (Å²) in [6.45, 7) is 7.04. The third-order valence-corrected chi connectivity index (χ3v) is 7.08. The van der Waals surface area contributed by atoms with Crippen LogP contribution in [0.1, 0.15) is 61.1 Å². The summed E-state index contributed by atoms with van der Waals surface area (Å²) < 4.78 is 18.2. The van der Waals surface area contributed by atoms with Crippen LogP contribution < -0.4 is 14.8 Å². The average molecular weight is 569 g/mol. The number of methoxy groups -OCH3 is 2. The van der Waals surface area contributed by atoms with E-state index in [1.54, 1.807) is 37.4 Å². The maximum absolute atomic E-state index is 13.5. The van der Waals surface area contributed by atoms with Crippen molar-refractivity contribution in [1.29, 1.82) is 0 Å². The summed E-state index contributed by atoms with van der Waals surface area (Å²) in [7, 11) is 3.24. The normalized spacial score (nSPS) is 14.1. The molecule has 2 amide bonds. The van der Waals surface area contributed by atoms with Crippen molar-refractivity contribution in [2.75, 3.05) is 33.9 Å². The monoisotopic (exact) mass is 568 g/mol. The van der Waals surface area contributed by atoms with E-state index < -0.39 is 5.60 Å². The molecule has 2 heterocycles. The fourth-order valence-electron chi connectivity index (χ4n) is 4.86. The summed E-state index contributed by atoms with van der Waals surface area (Å²) in [6, 6.07) is 13.0. The van der Waals surface area contributed by atoms with Gasteiger partial charge >= 0.3 is 6.09 Å². The van der Waals surface area contributed by atoms with Crippen molar-refractivity contribution in [2.24, 2.45) is 0 Å². The number of hydrogen-bond acceptors (Lipinski definition) is 6. The molecule has 9 nitrogen and oxygen atoms in total. The number of benzene rings is 2. The zero-order chi connectivity index (χ0) is 28.9. The predicted molar refractivity (Wildman–Crippen MR) is 154 cm³/mol. The summed E-state index contributed by atoms with van der Waals surface area (Å²) >= 11 is 6.12. The van der Waals surface area contributed by atoms with Crippen LogP contribution in [-0.4, -0.2) is 66.1 Å². The molecule has 0 spiro atoms. The van der Waals surface area contributed by atoms with Crippen molar-refractivity contribution in [3.8, 4) is 17.2 Å². The number of likely N-dealkylation sites (tertiary alicyclic amines) is 1. The second kappa shape index (κ2) is 12.6. The molecule has 1 aromatic heterocycles. The highest BCUT2D eigenvalue weighted by atomic mass is 35.5. The SMILES string of the molecule is COc1ccc(OC)c(CCNC(=O)c2cnn(-c3ccc(Cl)cc3)c2C2CCN(C(=O)OC(C)(C)C)CC2)c1. The molecule has 1 aliphatic heterocycles. The first-order valence-electron chi connectivity index (χ1n) is 13.4. The van der Waals surface area contributed by atoms with Gasteiger partial charge in [-0.3, -0.25) is 4.79 Å². The van der Waals surface area contributed by atoms with E-state index in [9.17, 15) is 9.59 Å². The summed E-state index contributed by atoms with van der Waals surface area (Å²) in [6.07, 6.45) is 3.23. The number of carbonyl (C=O) groups is 2. The van der Waals surface area contributed by atoms with Crippen molar-refractivity contribution in [3.63, 3.8) is 0 Å². The van der Waals surface area contributed by atoms with E-state index in [-0.39, 0.29) is 17.9 Å². The molecular weight excluding hydrogens is 532 g/mol. The van der Waals surface area contributed by atoms with E-state index in [1.165, 1.54) is 0 Å². The maximum atomic E-state index is 13.5. The number of aromatic nitrogens is 2. The van der Waals surface area contributed by atoms with Gasteiger partial charge in [-0.2, -0.15) is 5.10 Å². The standard InChI is InChI=1S/C30H37ClN4O5/c1-30(2,3)40-29(37)34-16-13-20(14-17-34)27-25(19-33-35(27)23-8-6-22(31)7-9-23)28(36)32-15-12-21-18-24(38-4)10-11-26(21)39-5/h6-11,18-20H,12-17H2,1-5H3,(H,32,36). The van der Waals surface area contributed by atoms with Crippen LogP contribution in [0.3, 0.4) is 0 Å². The summed E-state index contributed by atoms with van der Waals surface area (Å²) in [5.41, 5.74) is 2.54. The van der Waals surface area contributed by atoms with E-state index in [0.717, 1.165) is 28.4 Å². The molecule has 10 heteroatoms. The van der Waals surface area contributed by atoms with Crippen LogP contribution in [0.15, 0.2) is 48.7 Å². The van der Waals surface area contributed by atoms with Gasteiger partial charge < -0.3 is 24.4 Å². The summed E-state index contributed by atoms with van der Waals surface area (Å²) in [4.78, 5) is 27.8. The number of piperidine rings is 1. The molecule has 0 atom stereocenters. The van der Waals surface area contributed by atoms with Crippen molar-refractivity contribution < 1.29 is 23.8 Å². The van der Waals surface area contributed by atoms with Gasteiger partial charge in [0.2, 0.25) is 0 Å². The molecule has 0 bridgehead atoms. The van der Waals surface area contributed by atoms with Gasteiger partial charge in [-0.15, -0.1) is 0 Å². The van der Waals surface area contributed by atoms with E-state index in [0.29, 0.717) is 49.5 Å². The molecule has 1 fully saturated rings. The fourth-order valence-corrected chi connectivity index (χ4v) is 4.98. The van der Waals surface area contributed by atoms with Crippen LogP contribution in [0.2, 0.25) is 5.02 Å². The highest BCUT2D eigenvalue weighted by molar-refractivity contribution is 6.30. The number of nitrogens with one attached hydrogen (secondary N) is 1. The molecule has 1 N–H and O–H groups in total. The zero-order valence-corrected chi connectivity index (χ0v) is 24.5. The maximum Gasteiger partial charge on any atom is 0.410 e. The lowest BCUT2D eigenvalue weighted by molar-refractivity contribution is 0.0203. The zero-order valence-electron chi connectivity index (χ0n) is 23.7. The van der Waals surface area contributed by atoms with Gasteiger partial charge in [0.25, 0.3) is 5.91 Å². The third kappa shape index (κ3) is 7.07. The number of nitrogens with zero attached hydrogens (tertiary/aromatic N) is 3. The van der Waals surface area contributed by atoms with Crippen molar-refractivity contribution in [1.82, 2.24) is 20.0 Å². The molecule has 2 aromatic carbocycles. The van der Waals surface area contributed by atoms with Crippen LogP contribution in [0, 0.1) is 0 Å². The Morgan fingerprint density at radius 3 is 2.38 bits per heavy atom. The quantitative estimate of drug-likeness (QED) is 0.378. The first-order chi connectivity index (χ1) is 19.1. The number of ether oxygens (including phenoxy) is 3. The largest absolute Gasteiger partial charge is 0.497 e. The third-order valence-electron chi connectivity index (χ3n) is 6.82. The molecule has 0 aliphatic carbocycles. The predicted octanol–water partition coefficient (Wildman–Crippen LogP) is 5.63. The van der Waals surface area contributed by atoms with Crippen molar-refractivity contribution in [3.05, 3.63) is 70.5 Å². The minimum Gasteiger partial charge on any atom is -0.497 e. The Bertz CT molecular complexity index is 1320. The lowest BCUT2D eigenvalue weighted by atomic mass is 9.91. The second-order valence-electron chi connectivity index (χ2n) is 10.8. The number of carbonyl (C=O) groups excluding carboxylic acids is 2. The van der Waals surface area contributed by atoms with E-state index in [4.69, 9.17) is 25.8 Å². The minimum absolute atomic E-state index is 0.0242. The molecule has 3 aromatic rings. The molecular formula is C30H37ClN4O5. The molecule has 214 valence electrons. The van der Waals surface area contributed by atoms with Gasteiger partial charge in [-0.1, -0.05) is 11.6 Å². The van der Waals surface area contributed by atoms with Crippen molar-refractivity contribution >= 4 is 23.6 Å². The Hall–Kier alpha value is -3.72. The van der Waals surface area contributed by atoms with Gasteiger partial charge in [0.15, 0.2) is 0 Å². The Balaban J connectivity index is 1.53. The van der Waals surface area contributed by atoms with Crippen molar-refractivity contribution in [2.45, 2.75) is 51.6 Å². The van der Waals surface area contributed by atoms with Crippen LogP contribution in [0.4, 0.5) is 4.79 Å². The lowest BCUT2D eigenvalue weighted by Crippen LogP contribution is -2.41. The van der Waals surface area contributed by atoms with Crippen LogP contribution in [0.5, 0.6) is 11.5 Å². The Kier molecular flexibility index (Phi) is 9.25.